The summed E-state index contributed by atoms with van der Waals surface area (Å²) >= 11 is 0. The van der Waals surface area contributed by atoms with Crippen molar-refractivity contribution < 1.29 is 31.5 Å². The van der Waals surface area contributed by atoms with Gasteiger partial charge >= 0.3 is 12.1 Å². The summed E-state index contributed by atoms with van der Waals surface area (Å²) in [6, 6.07) is 11.8. The maximum atomic E-state index is 13.2. The first-order valence-electron chi connectivity index (χ1n) is 8.03. The molecular formula is C18H14F3N3O4S. The smallest absolute Gasteiger partial charge is 0.435 e. The molecule has 0 amide bonds. The Hall–Kier alpha value is -3.34. The fraction of sp³-hybridized carbons (Fsp3) is 0.111. The highest BCUT2D eigenvalue weighted by Crippen LogP contribution is 2.33. The molecule has 0 aliphatic heterocycles. The van der Waals surface area contributed by atoms with E-state index in [0.717, 1.165) is 17.0 Å². The molecule has 29 heavy (non-hydrogen) atoms. The molecule has 2 aromatic carbocycles. The average molecular weight is 425 g/mol. The van der Waals surface area contributed by atoms with Gasteiger partial charge in [0.2, 0.25) is 10.0 Å². The van der Waals surface area contributed by atoms with E-state index < -0.39 is 27.9 Å². The number of nitrogens with zero attached hydrogens (tertiary/aromatic N) is 2. The molecule has 0 spiro atoms. The molecule has 0 aliphatic carbocycles. The number of carboxylic acid groups (broad SMARTS) is 1. The number of aromatic nitrogens is 2. The molecule has 1 aromatic heterocycles. The van der Waals surface area contributed by atoms with E-state index >= 15 is 0 Å². The van der Waals surface area contributed by atoms with E-state index in [1.54, 1.807) is 0 Å². The number of alkyl halides is 3. The largest absolute Gasteiger partial charge is 0.478 e. The van der Waals surface area contributed by atoms with Crippen molar-refractivity contribution in [2.75, 3.05) is 11.0 Å². The minimum atomic E-state index is -4.68. The van der Waals surface area contributed by atoms with Crippen molar-refractivity contribution in [2.45, 2.75) is 6.18 Å². The van der Waals surface area contributed by atoms with Crippen LogP contribution in [0.3, 0.4) is 0 Å². The summed E-state index contributed by atoms with van der Waals surface area (Å²) in [5, 5.41) is 12.6. The number of carboxylic acids is 1. The van der Waals surface area contributed by atoms with E-state index in [1.165, 1.54) is 48.5 Å². The first-order valence-corrected chi connectivity index (χ1v) is 9.92. The van der Waals surface area contributed by atoms with Gasteiger partial charge in [-0.3, -0.25) is 4.72 Å². The Morgan fingerprint density at radius 3 is 2.14 bits per heavy atom. The Balaban J connectivity index is 2.08. The van der Waals surface area contributed by atoms with Gasteiger partial charge in [-0.15, -0.1) is 0 Å². The Morgan fingerprint density at radius 2 is 1.66 bits per heavy atom. The number of rotatable bonds is 5. The van der Waals surface area contributed by atoms with Crippen LogP contribution in [0.1, 0.15) is 16.1 Å². The van der Waals surface area contributed by atoms with Crippen LogP contribution in [0.5, 0.6) is 0 Å². The van der Waals surface area contributed by atoms with Crippen LogP contribution in [0.2, 0.25) is 0 Å². The van der Waals surface area contributed by atoms with Crippen LogP contribution in [0, 0.1) is 0 Å². The zero-order chi connectivity index (χ0) is 21.4. The van der Waals surface area contributed by atoms with Crippen molar-refractivity contribution in [1.29, 1.82) is 0 Å². The molecule has 0 radical (unpaired) electrons. The van der Waals surface area contributed by atoms with Gasteiger partial charge in [0.15, 0.2) is 5.69 Å². The monoisotopic (exact) mass is 425 g/mol. The Kier molecular flexibility index (Phi) is 5.09. The number of halogens is 3. The topological polar surface area (TPSA) is 101 Å². The first kappa shape index (κ1) is 20.4. The number of aromatic carboxylic acids is 1. The van der Waals surface area contributed by atoms with E-state index in [0.29, 0.717) is 5.56 Å². The van der Waals surface area contributed by atoms with Crippen LogP contribution in [-0.4, -0.2) is 35.5 Å². The summed E-state index contributed by atoms with van der Waals surface area (Å²) in [6.07, 6.45) is -3.71. The predicted molar refractivity (Wildman–Crippen MR) is 99.4 cm³/mol. The zero-order valence-corrected chi connectivity index (χ0v) is 15.6. The summed E-state index contributed by atoms with van der Waals surface area (Å²) < 4.78 is 65.5. The van der Waals surface area contributed by atoms with Crippen LogP contribution in [0.15, 0.2) is 54.6 Å². The van der Waals surface area contributed by atoms with Crippen LogP contribution in [-0.2, 0) is 16.2 Å². The molecule has 152 valence electrons. The highest BCUT2D eigenvalue weighted by molar-refractivity contribution is 7.92. The Labute approximate surface area is 163 Å². The Morgan fingerprint density at radius 1 is 1.07 bits per heavy atom. The summed E-state index contributed by atoms with van der Waals surface area (Å²) in [7, 11) is -3.50. The lowest BCUT2D eigenvalue weighted by Crippen LogP contribution is -2.10. The summed E-state index contributed by atoms with van der Waals surface area (Å²) in [6.45, 7) is 0. The van der Waals surface area contributed by atoms with E-state index in [1.807, 2.05) is 0 Å². The maximum Gasteiger partial charge on any atom is 0.435 e. The SMILES string of the molecule is CS(=O)(=O)Nc1ccc(-n2nc(C(F)(F)F)cc2-c2ccc(C(=O)O)cc2)cc1. The molecule has 1 heterocycles. The first-order chi connectivity index (χ1) is 13.4. The molecule has 0 unspecified atom stereocenters. The van der Waals surface area contributed by atoms with Crippen LogP contribution >= 0.6 is 0 Å². The fourth-order valence-corrected chi connectivity index (χ4v) is 3.15. The van der Waals surface area contributed by atoms with Gasteiger partial charge in [-0.25, -0.2) is 17.9 Å². The Bertz CT molecular complexity index is 1150. The highest BCUT2D eigenvalue weighted by Gasteiger charge is 2.35. The van der Waals surface area contributed by atoms with Gasteiger partial charge < -0.3 is 5.11 Å². The second-order valence-electron chi connectivity index (χ2n) is 6.13. The molecule has 11 heteroatoms. The molecule has 0 atom stereocenters. The molecule has 2 N–H and O–H groups in total. The van der Waals surface area contributed by atoms with Crippen LogP contribution in [0.25, 0.3) is 16.9 Å². The second kappa shape index (κ2) is 7.24. The third kappa shape index (κ3) is 4.74. The van der Waals surface area contributed by atoms with Crippen molar-refractivity contribution in [3.63, 3.8) is 0 Å². The summed E-state index contributed by atoms with van der Waals surface area (Å²) in [4.78, 5) is 11.0. The van der Waals surface area contributed by atoms with Crippen LogP contribution in [0.4, 0.5) is 18.9 Å². The molecule has 3 aromatic rings. The van der Waals surface area contributed by atoms with Gasteiger partial charge in [-0.05, 0) is 42.5 Å². The van der Waals surface area contributed by atoms with Crippen molar-refractivity contribution >= 4 is 21.7 Å². The number of hydrogen-bond donors (Lipinski definition) is 2. The van der Waals surface area contributed by atoms with Crippen molar-refractivity contribution in [2.24, 2.45) is 0 Å². The molecular weight excluding hydrogens is 411 g/mol. The average Bonchev–Trinajstić information content (AvgIpc) is 3.07. The maximum absolute atomic E-state index is 13.2. The lowest BCUT2D eigenvalue weighted by molar-refractivity contribution is -0.141. The number of benzene rings is 2. The minimum absolute atomic E-state index is 0.00735. The van der Waals surface area contributed by atoms with Crippen LogP contribution < -0.4 is 4.72 Å². The molecule has 0 fully saturated rings. The molecule has 3 rings (SSSR count). The number of sulfonamides is 1. The van der Waals surface area contributed by atoms with E-state index in [9.17, 15) is 26.4 Å². The second-order valence-corrected chi connectivity index (χ2v) is 7.88. The van der Waals surface area contributed by atoms with Gasteiger partial charge in [-0.1, -0.05) is 12.1 Å². The fourth-order valence-electron chi connectivity index (χ4n) is 2.59. The van der Waals surface area contributed by atoms with Gasteiger partial charge in [0, 0.05) is 11.3 Å². The normalized spacial score (nSPS) is 12.0. The zero-order valence-electron chi connectivity index (χ0n) is 14.8. The molecule has 7 nitrogen and oxygen atoms in total. The molecule has 0 aliphatic rings. The number of carbonyl (C=O) groups is 1. The van der Waals surface area contributed by atoms with Gasteiger partial charge in [-0.2, -0.15) is 18.3 Å². The highest BCUT2D eigenvalue weighted by atomic mass is 32.2. The predicted octanol–water partition coefficient (Wildman–Crippen LogP) is 3.63. The summed E-state index contributed by atoms with van der Waals surface area (Å²) in [5.41, 5.74) is -0.196. The third-order valence-electron chi connectivity index (χ3n) is 3.84. The number of anilines is 1. The lowest BCUT2D eigenvalue weighted by atomic mass is 10.1. The van der Waals surface area contributed by atoms with E-state index in [-0.39, 0.29) is 22.6 Å². The van der Waals surface area contributed by atoms with Crippen molar-refractivity contribution in [3.05, 3.63) is 65.9 Å². The quantitative estimate of drug-likeness (QED) is 0.650. The lowest BCUT2D eigenvalue weighted by Gasteiger charge is -2.10. The van der Waals surface area contributed by atoms with Gasteiger partial charge in [0.05, 0.1) is 23.2 Å². The third-order valence-corrected chi connectivity index (χ3v) is 4.45. The molecule has 0 saturated carbocycles. The number of nitrogens with one attached hydrogen (secondary N) is 1. The van der Waals surface area contributed by atoms with E-state index in [4.69, 9.17) is 5.11 Å². The molecule has 0 bridgehead atoms. The summed E-state index contributed by atoms with van der Waals surface area (Å²) in [5.74, 6) is -1.16. The van der Waals surface area contributed by atoms with Crippen molar-refractivity contribution in [3.8, 4) is 16.9 Å². The van der Waals surface area contributed by atoms with Gasteiger partial charge in [0.1, 0.15) is 0 Å². The van der Waals surface area contributed by atoms with E-state index in [2.05, 4.69) is 9.82 Å². The molecule has 0 saturated heterocycles. The number of hydrogen-bond acceptors (Lipinski definition) is 4. The van der Waals surface area contributed by atoms with Crippen molar-refractivity contribution in [1.82, 2.24) is 9.78 Å². The standard InChI is InChI=1S/C18H14F3N3O4S/c1-29(27,28)23-13-6-8-14(9-7-13)24-15(10-16(22-24)18(19,20)21)11-2-4-12(5-3-11)17(25)26/h2-10,23H,1H3,(H,25,26). The minimum Gasteiger partial charge on any atom is -0.478 e. The van der Waals surface area contributed by atoms with Gasteiger partial charge in [0.25, 0.3) is 0 Å².